The van der Waals surface area contributed by atoms with Gasteiger partial charge in [0.15, 0.2) is 6.61 Å². The maximum absolute atomic E-state index is 12.6. The molecule has 0 aliphatic carbocycles. The third-order valence-corrected chi connectivity index (χ3v) is 4.63. The summed E-state index contributed by atoms with van der Waals surface area (Å²) in [4.78, 5) is 24.8. The predicted molar refractivity (Wildman–Crippen MR) is 104 cm³/mol. The van der Waals surface area contributed by atoms with Gasteiger partial charge in [-0.05, 0) is 37.0 Å². The molecule has 0 saturated carbocycles. The Hall–Kier alpha value is -2.62. The van der Waals surface area contributed by atoms with E-state index in [1.807, 2.05) is 76.2 Å². The monoisotopic (exact) mass is 353 g/mol. The van der Waals surface area contributed by atoms with Crippen LogP contribution in [0.5, 0.6) is 0 Å². The molecule has 0 bridgehead atoms. The molecule has 0 spiro atoms. The van der Waals surface area contributed by atoms with Gasteiger partial charge in [-0.3, -0.25) is 9.59 Å². The molecule has 0 saturated heterocycles. The molecule has 4 heteroatoms. The van der Waals surface area contributed by atoms with Gasteiger partial charge in [0.1, 0.15) is 0 Å². The Morgan fingerprint density at radius 1 is 1.08 bits per heavy atom. The third-order valence-electron chi connectivity index (χ3n) is 4.63. The highest BCUT2D eigenvalue weighted by atomic mass is 16.5. The highest BCUT2D eigenvalue weighted by Gasteiger charge is 2.27. The van der Waals surface area contributed by atoms with E-state index < -0.39 is 0 Å². The van der Waals surface area contributed by atoms with Gasteiger partial charge in [-0.1, -0.05) is 68.3 Å². The van der Waals surface area contributed by atoms with E-state index in [-0.39, 0.29) is 30.3 Å². The second kappa shape index (κ2) is 9.18. The smallest absolute Gasteiger partial charge is 0.314 e. The molecule has 2 aromatic rings. The van der Waals surface area contributed by atoms with Gasteiger partial charge in [0.25, 0.3) is 5.91 Å². The molecule has 0 fully saturated rings. The van der Waals surface area contributed by atoms with Crippen molar-refractivity contribution in [2.24, 2.45) is 5.92 Å². The van der Waals surface area contributed by atoms with Crippen LogP contribution in [0.1, 0.15) is 42.9 Å². The Labute approximate surface area is 155 Å². The fourth-order valence-corrected chi connectivity index (χ4v) is 2.96. The van der Waals surface area contributed by atoms with Gasteiger partial charge < -0.3 is 10.1 Å². The number of rotatable bonds is 7. The average Bonchev–Trinajstić information content (AvgIpc) is 2.63. The first-order valence-electron chi connectivity index (χ1n) is 9.01. The molecule has 4 nitrogen and oxygen atoms in total. The first-order chi connectivity index (χ1) is 12.4. The summed E-state index contributed by atoms with van der Waals surface area (Å²) in [5, 5.41) is 2.80. The molecule has 0 heterocycles. The van der Waals surface area contributed by atoms with Gasteiger partial charge >= 0.3 is 5.97 Å². The van der Waals surface area contributed by atoms with Crippen LogP contribution in [0.15, 0.2) is 48.5 Å². The molecule has 0 aromatic heterocycles. The van der Waals surface area contributed by atoms with Crippen molar-refractivity contribution in [1.29, 1.82) is 0 Å². The van der Waals surface area contributed by atoms with E-state index in [0.29, 0.717) is 0 Å². The summed E-state index contributed by atoms with van der Waals surface area (Å²) >= 11 is 0. The van der Waals surface area contributed by atoms with Crippen molar-refractivity contribution in [3.63, 3.8) is 0 Å². The molecule has 0 aliphatic heterocycles. The Kier molecular flexibility index (Phi) is 6.96. The van der Waals surface area contributed by atoms with Gasteiger partial charge in [0.2, 0.25) is 0 Å². The predicted octanol–water partition coefficient (Wildman–Crippen LogP) is 4.62. The van der Waals surface area contributed by atoms with Crippen molar-refractivity contribution in [3.05, 3.63) is 65.2 Å². The lowest BCUT2D eigenvalue weighted by molar-refractivity contribution is -0.150. The highest BCUT2D eigenvalue weighted by molar-refractivity contribution is 5.94. The Morgan fingerprint density at radius 2 is 1.77 bits per heavy atom. The van der Waals surface area contributed by atoms with Crippen LogP contribution in [0, 0.1) is 19.8 Å². The lowest BCUT2D eigenvalue weighted by Crippen LogP contribution is -2.27. The molecule has 0 unspecified atom stereocenters. The number of ether oxygens (including phenoxy) is 1. The maximum Gasteiger partial charge on any atom is 0.314 e. The normalized spacial score (nSPS) is 12.9. The largest absolute Gasteiger partial charge is 0.455 e. The second-order valence-corrected chi connectivity index (χ2v) is 6.75. The minimum Gasteiger partial charge on any atom is -0.455 e. The van der Waals surface area contributed by atoms with Crippen molar-refractivity contribution >= 4 is 17.6 Å². The number of nitrogens with one attached hydrogen (secondary N) is 1. The molecule has 2 atom stereocenters. The van der Waals surface area contributed by atoms with Gasteiger partial charge in [0, 0.05) is 5.69 Å². The molecule has 26 heavy (non-hydrogen) atoms. The molecule has 1 amide bonds. The minimum atomic E-state index is -0.366. The second-order valence-electron chi connectivity index (χ2n) is 6.75. The molecular formula is C22H27NO3. The fraction of sp³-hybridized carbons (Fsp3) is 0.364. The van der Waals surface area contributed by atoms with Crippen molar-refractivity contribution in [1.82, 2.24) is 0 Å². The highest BCUT2D eigenvalue weighted by Crippen LogP contribution is 2.28. The third kappa shape index (κ3) is 5.19. The van der Waals surface area contributed by atoms with E-state index >= 15 is 0 Å². The van der Waals surface area contributed by atoms with E-state index in [1.54, 1.807) is 0 Å². The Morgan fingerprint density at radius 3 is 2.38 bits per heavy atom. The van der Waals surface area contributed by atoms with E-state index in [0.717, 1.165) is 28.8 Å². The molecular weight excluding hydrogens is 326 g/mol. The lowest BCUT2D eigenvalue weighted by Gasteiger charge is -2.21. The molecule has 0 aliphatic rings. The average molecular weight is 353 g/mol. The van der Waals surface area contributed by atoms with Crippen LogP contribution in [0.4, 0.5) is 5.69 Å². The van der Waals surface area contributed by atoms with Crippen molar-refractivity contribution in [3.8, 4) is 0 Å². The van der Waals surface area contributed by atoms with Crippen LogP contribution >= 0.6 is 0 Å². The molecule has 0 radical (unpaired) electrons. The van der Waals surface area contributed by atoms with Crippen LogP contribution in [-0.4, -0.2) is 18.5 Å². The molecule has 2 aromatic carbocycles. The van der Waals surface area contributed by atoms with E-state index in [1.165, 1.54) is 0 Å². The van der Waals surface area contributed by atoms with Crippen LogP contribution < -0.4 is 5.32 Å². The zero-order valence-corrected chi connectivity index (χ0v) is 15.9. The lowest BCUT2D eigenvalue weighted by atomic mass is 9.86. The zero-order valence-electron chi connectivity index (χ0n) is 15.9. The summed E-state index contributed by atoms with van der Waals surface area (Å²) in [6.07, 6.45) is 0.851. The van der Waals surface area contributed by atoms with E-state index in [9.17, 15) is 9.59 Å². The number of hydrogen-bond donors (Lipinski definition) is 1. The quantitative estimate of drug-likeness (QED) is 0.739. The van der Waals surface area contributed by atoms with E-state index in [4.69, 9.17) is 4.74 Å². The van der Waals surface area contributed by atoms with Gasteiger partial charge in [-0.2, -0.15) is 0 Å². The molecule has 2 rings (SSSR count). The number of amides is 1. The van der Waals surface area contributed by atoms with E-state index in [2.05, 4.69) is 5.32 Å². The van der Waals surface area contributed by atoms with Crippen molar-refractivity contribution in [2.45, 2.75) is 40.0 Å². The SMILES string of the molecule is CC[C@@H](C)[C@H](C(=O)OCC(=O)Nc1ccc(C)cc1C)c1ccccc1. The van der Waals surface area contributed by atoms with Crippen LogP contribution in [0.3, 0.4) is 0 Å². The number of aryl methyl sites for hydroxylation is 2. The van der Waals surface area contributed by atoms with Gasteiger partial charge in [-0.15, -0.1) is 0 Å². The number of hydrogen-bond acceptors (Lipinski definition) is 3. The summed E-state index contributed by atoms with van der Waals surface area (Å²) < 4.78 is 5.33. The number of esters is 1. The molecule has 138 valence electrons. The summed E-state index contributed by atoms with van der Waals surface area (Å²) in [5.41, 5.74) is 3.76. The topological polar surface area (TPSA) is 55.4 Å². The number of carbonyl (C=O) groups excluding carboxylic acids is 2. The summed E-state index contributed by atoms with van der Waals surface area (Å²) in [5.74, 6) is -0.926. The summed E-state index contributed by atoms with van der Waals surface area (Å²) in [7, 11) is 0. The summed E-state index contributed by atoms with van der Waals surface area (Å²) in [6.45, 7) is 7.71. The molecule has 1 N–H and O–H groups in total. The van der Waals surface area contributed by atoms with Crippen LogP contribution in [0.2, 0.25) is 0 Å². The number of benzene rings is 2. The van der Waals surface area contributed by atoms with Crippen molar-refractivity contribution in [2.75, 3.05) is 11.9 Å². The van der Waals surface area contributed by atoms with Gasteiger partial charge in [-0.25, -0.2) is 0 Å². The van der Waals surface area contributed by atoms with Gasteiger partial charge in [0.05, 0.1) is 5.92 Å². The summed E-state index contributed by atoms with van der Waals surface area (Å²) in [6, 6.07) is 15.4. The standard InChI is InChI=1S/C22H27NO3/c1-5-16(3)21(18-9-7-6-8-10-18)22(25)26-14-20(24)23-19-12-11-15(2)13-17(19)4/h6-13,16,21H,5,14H2,1-4H3,(H,23,24)/t16-,21+/m1/s1. The first-order valence-corrected chi connectivity index (χ1v) is 9.01. The fourth-order valence-electron chi connectivity index (χ4n) is 2.96. The van der Waals surface area contributed by atoms with Crippen LogP contribution in [0.25, 0.3) is 0 Å². The Bertz CT molecular complexity index is 755. The first kappa shape index (κ1) is 19.7. The minimum absolute atomic E-state index is 0.132. The zero-order chi connectivity index (χ0) is 19.1. The van der Waals surface area contributed by atoms with Crippen molar-refractivity contribution < 1.29 is 14.3 Å². The van der Waals surface area contributed by atoms with Crippen LogP contribution in [-0.2, 0) is 14.3 Å². The maximum atomic E-state index is 12.6. The number of carbonyl (C=O) groups is 2. The Balaban J connectivity index is 1.99. The number of anilines is 1.